The number of aliphatic carboxylic acids is 1. The highest BCUT2D eigenvalue weighted by molar-refractivity contribution is 5.76. The molecule has 24 heavy (non-hydrogen) atoms. The Morgan fingerprint density at radius 2 is 2.33 bits per heavy atom. The quantitative estimate of drug-likeness (QED) is 0.635. The lowest BCUT2D eigenvalue weighted by atomic mass is 9.81. The van der Waals surface area contributed by atoms with Crippen LogP contribution in [0.3, 0.4) is 0 Å². The van der Waals surface area contributed by atoms with Crippen LogP contribution in [0.15, 0.2) is 18.2 Å². The number of nitro benzene ring substituents is 1. The van der Waals surface area contributed by atoms with E-state index in [1.54, 1.807) is 6.07 Å². The molecule has 2 fully saturated rings. The van der Waals surface area contributed by atoms with Crippen LogP contribution in [0.4, 0.5) is 5.69 Å². The van der Waals surface area contributed by atoms with Gasteiger partial charge in [-0.25, -0.2) is 0 Å². The zero-order valence-corrected chi connectivity index (χ0v) is 13.7. The number of likely N-dealkylation sites (tertiary alicyclic amines) is 1. The summed E-state index contributed by atoms with van der Waals surface area (Å²) >= 11 is 0. The Morgan fingerprint density at radius 1 is 1.54 bits per heavy atom. The Hall–Kier alpha value is -2.15. The third-order valence-corrected chi connectivity index (χ3v) is 5.32. The van der Waals surface area contributed by atoms with Crippen LogP contribution >= 0.6 is 0 Å². The van der Waals surface area contributed by atoms with Gasteiger partial charge in [-0.2, -0.15) is 0 Å². The molecule has 0 aromatic heterocycles. The van der Waals surface area contributed by atoms with Crippen LogP contribution in [-0.4, -0.2) is 40.6 Å². The molecule has 7 heteroatoms. The number of carboxylic acid groups (broad SMARTS) is 1. The SMILES string of the molecule is CCOc1ccc([N+](=O)[O-])cc1CN1C[C@@H]2CCC[C@@]2(C(=O)O)C1. The number of hydrogen-bond acceptors (Lipinski definition) is 5. The van der Waals surface area contributed by atoms with Gasteiger partial charge in [-0.05, 0) is 31.7 Å². The highest BCUT2D eigenvalue weighted by atomic mass is 16.6. The highest BCUT2D eigenvalue weighted by Gasteiger charge is 2.54. The van der Waals surface area contributed by atoms with Crippen LogP contribution in [0.25, 0.3) is 0 Å². The van der Waals surface area contributed by atoms with Gasteiger partial charge in [0.25, 0.3) is 5.69 Å². The first-order valence-corrected chi connectivity index (χ1v) is 8.32. The van der Waals surface area contributed by atoms with Crippen molar-refractivity contribution >= 4 is 11.7 Å². The standard InChI is InChI=1S/C17H22N2O5/c1-2-24-15-6-5-14(19(22)23)8-12(15)9-18-10-13-4-3-7-17(13,11-18)16(20)21/h5-6,8,13H,2-4,7,9-11H2,1H3,(H,20,21)/t13-,17+/m0/s1. The van der Waals surface area contributed by atoms with E-state index in [1.807, 2.05) is 6.92 Å². The number of carboxylic acids is 1. The van der Waals surface area contributed by atoms with Gasteiger partial charge in [0.2, 0.25) is 0 Å². The molecule has 1 saturated heterocycles. The van der Waals surface area contributed by atoms with Crippen LogP contribution < -0.4 is 4.74 Å². The van der Waals surface area contributed by atoms with Crippen molar-refractivity contribution < 1.29 is 19.6 Å². The van der Waals surface area contributed by atoms with E-state index in [0.29, 0.717) is 25.4 Å². The molecule has 0 amide bonds. The molecule has 0 bridgehead atoms. The molecule has 7 nitrogen and oxygen atoms in total. The smallest absolute Gasteiger partial charge is 0.311 e. The zero-order chi connectivity index (χ0) is 17.3. The summed E-state index contributed by atoms with van der Waals surface area (Å²) < 4.78 is 5.58. The van der Waals surface area contributed by atoms with Gasteiger partial charge in [-0.3, -0.25) is 19.8 Å². The summed E-state index contributed by atoms with van der Waals surface area (Å²) in [5.74, 6) is 0.0883. The van der Waals surface area contributed by atoms with Gasteiger partial charge in [0.15, 0.2) is 0 Å². The van der Waals surface area contributed by atoms with E-state index in [-0.39, 0.29) is 11.6 Å². The summed E-state index contributed by atoms with van der Waals surface area (Å²) in [6.45, 7) is 4.04. The predicted octanol–water partition coefficient (Wildman–Crippen LogP) is 2.68. The number of fused-ring (bicyclic) bond motifs is 1. The van der Waals surface area contributed by atoms with Crippen LogP contribution in [0, 0.1) is 21.4 Å². The fraction of sp³-hybridized carbons (Fsp3) is 0.588. The summed E-state index contributed by atoms with van der Waals surface area (Å²) in [5.41, 5.74) is 0.124. The molecule has 1 aliphatic heterocycles. The van der Waals surface area contributed by atoms with E-state index >= 15 is 0 Å². The summed E-state index contributed by atoms with van der Waals surface area (Å²) in [7, 11) is 0. The normalized spacial score (nSPS) is 26.3. The lowest BCUT2D eigenvalue weighted by Crippen LogP contribution is -2.35. The first-order chi connectivity index (χ1) is 11.5. The van der Waals surface area contributed by atoms with E-state index in [9.17, 15) is 20.0 Å². The highest BCUT2D eigenvalue weighted by Crippen LogP contribution is 2.49. The molecule has 1 N–H and O–H groups in total. The van der Waals surface area contributed by atoms with Crippen molar-refractivity contribution in [2.24, 2.45) is 11.3 Å². The Kier molecular flexibility index (Phi) is 4.45. The topological polar surface area (TPSA) is 92.9 Å². The van der Waals surface area contributed by atoms with E-state index in [1.165, 1.54) is 12.1 Å². The summed E-state index contributed by atoms with van der Waals surface area (Å²) in [4.78, 5) is 24.5. The van der Waals surface area contributed by atoms with Crippen LogP contribution in [0.2, 0.25) is 0 Å². The van der Waals surface area contributed by atoms with Crippen molar-refractivity contribution in [2.45, 2.75) is 32.7 Å². The maximum absolute atomic E-state index is 11.8. The zero-order valence-electron chi connectivity index (χ0n) is 13.7. The fourth-order valence-electron chi connectivity index (χ4n) is 4.20. The monoisotopic (exact) mass is 334 g/mol. The lowest BCUT2D eigenvalue weighted by molar-refractivity contribution is -0.385. The van der Waals surface area contributed by atoms with E-state index in [0.717, 1.165) is 31.4 Å². The molecule has 1 aromatic rings. The Bertz CT molecular complexity index is 662. The molecule has 2 atom stereocenters. The molecule has 1 aliphatic carbocycles. The van der Waals surface area contributed by atoms with Crippen LogP contribution in [-0.2, 0) is 11.3 Å². The van der Waals surface area contributed by atoms with Gasteiger partial charge in [0.1, 0.15) is 5.75 Å². The second kappa shape index (κ2) is 6.39. The lowest BCUT2D eigenvalue weighted by Gasteiger charge is -2.23. The molecule has 1 aromatic carbocycles. The van der Waals surface area contributed by atoms with Crippen molar-refractivity contribution in [1.29, 1.82) is 0 Å². The number of rotatable bonds is 6. The Balaban J connectivity index is 1.82. The van der Waals surface area contributed by atoms with Crippen molar-refractivity contribution in [3.63, 3.8) is 0 Å². The number of carbonyl (C=O) groups is 1. The van der Waals surface area contributed by atoms with Gasteiger partial charge in [0.05, 0.1) is 16.9 Å². The van der Waals surface area contributed by atoms with Gasteiger partial charge < -0.3 is 9.84 Å². The Morgan fingerprint density at radius 3 is 2.96 bits per heavy atom. The number of non-ortho nitro benzene ring substituents is 1. The molecule has 0 spiro atoms. The average molecular weight is 334 g/mol. The first-order valence-electron chi connectivity index (χ1n) is 8.32. The second-order valence-corrected chi connectivity index (χ2v) is 6.70. The summed E-state index contributed by atoms with van der Waals surface area (Å²) in [6.07, 6.45) is 2.62. The summed E-state index contributed by atoms with van der Waals surface area (Å²) in [5, 5.41) is 20.7. The molecule has 1 saturated carbocycles. The molecule has 2 aliphatic rings. The molecule has 0 radical (unpaired) electrons. The van der Waals surface area contributed by atoms with Crippen molar-refractivity contribution in [3.05, 3.63) is 33.9 Å². The maximum atomic E-state index is 11.8. The summed E-state index contributed by atoms with van der Waals surface area (Å²) in [6, 6.07) is 4.60. The fourth-order valence-corrected chi connectivity index (χ4v) is 4.20. The van der Waals surface area contributed by atoms with Gasteiger partial charge in [-0.1, -0.05) is 6.42 Å². The molecule has 130 valence electrons. The van der Waals surface area contributed by atoms with Crippen LogP contribution in [0.5, 0.6) is 5.75 Å². The number of hydrogen-bond donors (Lipinski definition) is 1. The van der Waals surface area contributed by atoms with Crippen molar-refractivity contribution in [3.8, 4) is 5.75 Å². The average Bonchev–Trinajstić information content (AvgIpc) is 3.06. The number of nitrogens with zero attached hydrogens (tertiary/aromatic N) is 2. The van der Waals surface area contributed by atoms with Crippen molar-refractivity contribution in [2.75, 3.05) is 19.7 Å². The molecular formula is C17H22N2O5. The second-order valence-electron chi connectivity index (χ2n) is 6.70. The van der Waals surface area contributed by atoms with E-state index in [2.05, 4.69) is 4.90 Å². The predicted molar refractivity (Wildman–Crippen MR) is 87.0 cm³/mol. The minimum absolute atomic E-state index is 0.0285. The van der Waals surface area contributed by atoms with E-state index < -0.39 is 16.3 Å². The van der Waals surface area contributed by atoms with E-state index in [4.69, 9.17) is 4.74 Å². The largest absolute Gasteiger partial charge is 0.494 e. The number of nitro groups is 1. The van der Waals surface area contributed by atoms with Gasteiger partial charge in [0, 0.05) is 37.3 Å². The van der Waals surface area contributed by atoms with Gasteiger partial charge in [-0.15, -0.1) is 0 Å². The van der Waals surface area contributed by atoms with Crippen molar-refractivity contribution in [1.82, 2.24) is 4.90 Å². The maximum Gasteiger partial charge on any atom is 0.311 e. The third kappa shape index (κ3) is 2.84. The minimum atomic E-state index is -0.712. The molecule has 3 rings (SSSR count). The van der Waals surface area contributed by atoms with Crippen LogP contribution in [0.1, 0.15) is 31.7 Å². The molecule has 1 heterocycles. The number of ether oxygens (including phenoxy) is 1. The third-order valence-electron chi connectivity index (χ3n) is 5.32. The molecular weight excluding hydrogens is 312 g/mol. The Labute approximate surface area is 140 Å². The van der Waals surface area contributed by atoms with Gasteiger partial charge >= 0.3 is 5.97 Å². The number of benzene rings is 1. The molecule has 0 unspecified atom stereocenters. The first kappa shape index (κ1) is 16.7. The minimum Gasteiger partial charge on any atom is -0.494 e.